The largest absolute Gasteiger partial charge is 0.444 e. The van der Waals surface area contributed by atoms with Gasteiger partial charge in [-0.05, 0) is 77.6 Å². The number of hydrogen-bond acceptors (Lipinski definition) is 5. The van der Waals surface area contributed by atoms with Crippen molar-refractivity contribution in [1.29, 1.82) is 0 Å². The van der Waals surface area contributed by atoms with Crippen molar-refractivity contribution in [3.8, 4) is 11.1 Å². The summed E-state index contributed by atoms with van der Waals surface area (Å²) < 4.78 is 13.1. The summed E-state index contributed by atoms with van der Waals surface area (Å²) in [5.74, 6) is -0.343. The monoisotopic (exact) mass is 598 g/mol. The van der Waals surface area contributed by atoms with Crippen LogP contribution in [0.2, 0.25) is 25.7 Å². The summed E-state index contributed by atoms with van der Waals surface area (Å²) >= 11 is 11.7. The molecule has 0 aliphatic carbocycles. The number of alkyl carbamates (subject to hydrolysis) is 1. The minimum atomic E-state index is -1.14. The average molecular weight is 600 g/mol. The average Bonchev–Trinajstić information content (AvgIpc) is 3.07. The van der Waals surface area contributed by atoms with Crippen LogP contribution in [0.15, 0.2) is 24.3 Å². The zero-order chi connectivity index (χ0) is 29.4. The maximum atomic E-state index is 13.1. The Hall–Kier alpha value is -2.07. The molecule has 39 heavy (non-hydrogen) atoms. The van der Waals surface area contributed by atoms with Crippen molar-refractivity contribution in [3.63, 3.8) is 0 Å². The molecule has 0 unspecified atom stereocenters. The second-order valence-corrected chi connectivity index (χ2v) is 18.9. The Labute approximate surface area is 244 Å². The number of amides is 2. The fraction of sp³-hybridized carbons (Fsp3) is 0.607. The van der Waals surface area contributed by atoms with E-state index in [2.05, 4.69) is 35.4 Å². The van der Waals surface area contributed by atoms with Gasteiger partial charge in [0.15, 0.2) is 0 Å². The van der Waals surface area contributed by atoms with E-state index in [1.807, 2.05) is 42.8 Å². The zero-order valence-corrected chi connectivity index (χ0v) is 27.0. The molecule has 0 aliphatic heterocycles. The molecular weight excluding hydrogens is 555 g/mol. The van der Waals surface area contributed by atoms with Crippen molar-refractivity contribution in [2.24, 2.45) is 0 Å². The topological polar surface area (TPSA) is 94.5 Å². The molecule has 0 fully saturated rings. The maximum absolute atomic E-state index is 13.1. The smallest absolute Gasteiger partial charge is 0.408 e. The van der Waals surface area contributed by atoms with Crippen LogP contribution in [0.3, 0.4) is 0 Å². The Bertz CT molecular complexity index is 1090. The molecule has 0 saturated carbocycles. The van der Waals surface area contributed by atoms with Gasteiger partial charge in [0.2, 0.25) is 5.91 Å². The molecule has 1 atom stereocenters. The van der Waals surface area contributed by atoms with Crippen molar-refractivity contribution < 1.29 is 19.1 Å². The summed E-state index contributed by atoms with van der Waals surface area (Å²) in [5, 5.41) is 10.2. The number of nitrogens with one attached hydrogen (secondary N) is 2. The van der Waals surface area contributed by atoms with Crippen molar-refractivity contribution in [2.75, 3.05) is 11.9 Å². The van der Waals surface area contributed by atoms with Crippen LogP contribution in [0, 0.1) is 13.8 Å². The van der Waals surface area contributed by atoms with Gasteiger partial charge in [-0.2, -0.15) is 5.10 Å². The minimum absolute atomic E-state index is 0.343. The number of alkyl halides is 2. The Morgan fingerprint density at radius 3 is 2.28 bits per heavy atom. The molecule has 0 saturated heterocycles. The molecule has 0 spiro atoms. The van der Waals surface area contributed by atoms with E-state index in [-0.39, 0.29) is 5.91 Å². The first-order chi connectivity index (χ1) is 18.1. The summed E-state index contributed by atoms with van der Waals surface area (Å²) in [6.07, 6.45) is 0.789. The molecule has 8 nitrogen and oxygen atoms in total. The van der Waals surface area contributed by atoms with Crippen molar-refractivity contribution in [1.82, 2.24) is 15.1 Å². The normalized spacial score (nSPS) is 12.9. The third kappa shape index (κ3) is 11.9. The van der Waals surface area contributed by atoms with E-state index < -0.39 is 30.6 Å². The van der Waals surface area contributed by atoms with Gasteiger partial charge in [-0.3, -0.25) is 4.79 Å². The Morgan fingerprint density at radius 1 is 1.08 bits per heavy atom. The van der Waals surface area contributed by atoms with Crippen LogP contribution < -0.4 is 10.6 Å². The number of carbonyl (C=O) groups excluding carboxylic acids is 2. The number of anilines is 1. The van der Waals surface area contributed by atoms with E-state index in [0.29, 0.717) is 31.7 Å². The first kappa shape index (κ1) is 33.1. The van der Waals surface area contributed by atoms with Crippen LogP contribution in [0.4, 0.5) is 10.5 Å². The standard InChI is InChI=1S/C28H44Cl2N4O4Si/c1-19-25(20(2)34(33-19)18-37-16-17-39(6,7)8)21-12-14-22(15-13-21)31-26(35)23(10-9-11-24(29)30)32-27(36)38-28(3,4)5/h12-15,23-24H,9-11,16-18H2,1-8H3,(H,31,35)(H,32,36)/t23-/m0/s1. The van der Waals surface area contributed by atoms with Gasteiger partial charge in [-0.15, -0.1) is 23.2 Å². The summed E-state index contributed by atoms with van der Waals surface area (Å²) in [6, 6.07) is 7.89. The third-order valence-electron chi connectivity index (χ3n) is 5.96. The Morgan fingerprint density at radius 2 is 1.72 bits per heavy atom. The number of aromatic nitrogens is 2. The van der Waals surface area contributed by atoms with Gasteiger partial charge < -0.3 is 20.1 Å². The summed E-state index contributed by atoms with van der Waals surface area (Å²) in [5.41, 5.74) is 3.91. The van der Waals surface area contributed by atoms with Gasteiger partial charge in [0.05, 0.1) is 5.69 Å². The van der Waals surface area contributed by atoms with Gasteiger partial charge in [0.1, 0.15) is 23.2 Å². The third-order valence-corrected chi connectivity index (χ3v) is 8.10. The highest BCUT2D eigenvalue weighted by Crippen LogP contribution is 2.28. The molecule has 0 aliphatic rings. The molecule has 2 amide bonds. The molecular formula is C28H44Cl2N4O4Si. The zero-order valence-electron chi connectivity index (χ0n) is 24.5. The van der Waals surface area contributed by atoms with Gasteiger partial charge in [0.25, 0.3) is 0 Å². The molecule has 1 heterocycles. The number of hydrogen-bond donors (Lipinski definition) is 2. The lowest BCUT2D eigenvalue weighted by atomic mass is 10.0. The number of aryl methyl sites for hydroxylation is 1. The van der Waals surface area contributed by atoms with Crippen LogP contribution in [0.25, 0.3) is 11.1 Å². The van der Waals surface area contributed by atoms with Gasteiger partial charge in [-0.1, -0.05) is 31.8 Å². The Balaban J connectivity index is 2.08. The summed E-state index contributed by atoms with van der Waals surface area (Å²) in [7, 11) is -1.14. The van der Waals surface area contributed by atoms with Crippen LogP contribution in [0.1, 0.15) is 51.4 Å². The molecule has 0 radical (unpaired) electrons. The molecule has 2 rings (SSSR count). The van der Waals surface area contributed by atoms with Crippen molar-refractivity contribution >= 4 is 49.0 Å². The first-order valence-electron chi connectivity index (χ1n) is 13.4. The summed E-state index contributed by atoms with van der Waals surface area (Å²) in [4.78, 5) is 24.9. The van der Waals surface area contributed by atoms with E-state index in [0.717, 1.165) is 35.2 Å². The number of benzene rings is 1. The lowest BCUT2D eigenvalue weighted by molar-refractivity contribution is -0.118. The van der Waals surface area contributed by atoms with E-state index in [9.17, 15) is 9.59 Å². The molecule has 2 aromatic rings. The van der Waals surface area contributed by atoms with E-state index >= 15 is 0 Å². The number of nitrogens with zero attached hydrogens (tertiary/aromatic N) is 2. The highest BCUT2D eigenvalue weighted by Gasteiger charge is 2.25. The van der Waals surface area contributed by atoms with Crippen LogP contribution in [0.5, 0.6) is 0 Å². The van der Waals surface area contributed by atoms with Crippen molar-refractivity contribution in [3.05, 3.63) is 35.7 Å². The molecule has 1 aromatic carbocycles. The number of rotatable bonds is 13. The van der Waals surface area contributed by atoms with Gasteiger partial charge >= 0.3 is 6.09 Å². The molecule has 11 heteroatoms. The molecule has 218 valence electrons. The number of carbonyl (C=O) groups is 2. The minimum Gasteiger partial charge on any atom is -0.444 e. The molecule has 0 bridgehead atoms. The van der Waals surface area contributed by atoms with E-state index in [1.54, 1.807) is 20.8 Å². The fourth-order valence-electron chi connectivity index (χ4n) is 3.91. The van der Waals surface area contributed by atoms with Gasteiger partial charge in [-0.25, -0.2) is 9.48 Å². The number of halogens is 2. The van der Waals surface area contributed by atoms with Crippen molar-refractivity contribution in [2.45, 2.75) is 103 Å². The fourth-order valence-corrected chi connectivity index (χ4v) is 4.98. The lowest BCUT2D eigenvalue weighted by Gasteiger charge is -2.23. The predicted octanol–water partition coefficient (Wildman–Crippen LogP) is 7.29. The van der Waals surface area contributed by atoms with Crippen LogP contribution in [-0.2, 0) is 21.0 Å². The highest BCUT2D eigenvalue weighted by molar-refractivity contribution is 6.76. The van der Waals surface area contributed by atoms with E-state index in [4.69, 9.17) is 32.7 Å². The first-order valence-corrected chi connectivity index (χ1v) is 17.9. The second kappa shape index (κ2) is 14.5. The number of ether oxygens (including phenoxy) is 2. The van der Waals surface area contributed by atoms with Crippen LogP contribution in [-0.4, -0.2) is 52.9 Å². The molecule has 1 aromatic heterocycles. The lowest BCUT2D eigenvalue weighted by Crippen LogP contribution is -2.45. The molecule has 2 N–H and O–H groups in total. The van der Waals surface area contributed by atoms with E-state index in [1.165, 1.54) is 0 Å². The summed E-state index contributed by atoms with van der Waals surface area (Å²) in [6.45, 7) is 17.5. The SMILES string of the molecule is Cc1nn(COCC[Si](C)(C)C)c(C)c1-c1ccc(NC(=O)[C@H](CCCC(Cl)Cl)NC(=O)OC(C)(C)C)cc1. The quantitative estimate of drug-likeness (QED) is 0.143. The van der Waals surface area contributed by atoms with Crippen LogP contribution >= 0.6 is 23.2 Å². The highest BCUT2D eigenvalue weighted by atomic mass is 35.5. The van der Waals surface area contributed by atoms with Gasteiger partial charge in [0, 0.05) is 31.6 Å². The predicted molar refractivity (Wildman–Crippen MR) is 162 cm³/mol. The Kier molecular flexibility index (Phi) is 12.3. The second-order valence-electron chi connectivity index (χ2n) is 12.0. The maximum Gasteiger partial charge on any atom is 0.408 e.